The van der Waals surface area contributed by atoms with E-state index in [0.717, 1.165) is 10.9 Å². The molecule has 2 aromatic heterocycles. The van der Waals surface area contributed by atoms with Gasteiger partial charge >= 0.3 is 0 Å². The summed E-state index contributed by atoms with van der Waals surface area (Å²) in [7, 11) is 0. The van der Waals surface area contributed by atoms with Gasteiger partial charge in [-0.3, -0.25) is 0 Å². The molecule has 86 valence electrons. The van der Waals surface area contributed by atoms with Crippen molar-refractivity contribution in [2.45, 2.75) is 30.8 Å². The Balaban J connectivity index is 2.05. The minimum absolute atomic E-state index is 0.349. The number of hydrogen-bond donors (Lipinski definition) is 0. The maximum Gasteiger partial charge on any atom is 0.191 e. The minimum atomic E-state index is 0.349. The van der Waals surface area contributed by atoms with Gasteiger partial charge in [0.25, 0.3) is 0 Å². The van der Waals surface area contributed by atoms with Crippen molar-refractivity contribution in [1.82, 2.24) is 24.4 Å². The molecule has 0 saturated heterocycles. The second-order valence-corrected chi connectivity index (χ2v) is 5.70. The molecular weight excluding hydrogens is 266 g/mol. The van der Waals surface area contributed by atoms with Crippen molar-refractivity contribution in [3.8, 4) is 0 Å². The van der Waals surface area contributed by atoms with E-state index in [9.17, 15) is 0 Å². The SMILES string of the molecule is CC(C)n1cnnc1SCc1nnsc1Cl. The lowest BCUT2D eigenvalue weighted by atomic mass is 10.4. The lowest BCUT2D eigenvalue weighted by Crippen LogP contribution is -2.01. The average Bonchev–Trinajstić information content (AvgIpc) is 2.83. The largest absolute Gasteiger partial charge is 0.306 e. The highest BCUT2D eigenvalue weighted by Crippen LogP contribution is 2.26. The van der Waals surface area contributed by atoms with E-state index in [1.54, 1.807) is 18.1 Å². The number of nitrogens with zero attached hydrogens (tertiary/aromatic N) is 5. The van der Waals surface area contributed by atoms with E-state index in [1.807, 2.05) is 4.57 Å². The van der Waals surface area contributed by atoms with Crippen molar-refractivity contribution in [1.29, 1.82) is 0 Å². The van der Waals surface area contributed by atoms with Crippen LogP contribution < -0.4 is 0 Å². The van der Waals surface area contributed by atoms with Crippen LogP contribution in [0.3, 0.4) is 0 Å². The molecule has 0 aromatic carbocycles. The predicted molar refractivity (Wildman–Crippen MR) is 64.9 cm³/mol. The Kier molecular flexibility index (Phi) is 3.78. The first kappa shape index (κ1) is 11.8. The van der Waals surface area contributed by atoms with Crippen molar-refractivity contribution in [2.75, 3.05) is 0 Å². The van der Waals surface area contributed by atoms with Gasteiger partial charge in [-0.05, 0) is 13.8 Å². The van der Waals surface area contributed by atoms with Crippen molar-refractivity contribution >= 4 is 34.9 Å². The van der Waals surface area contributed by atoms with E-state index in [0.29, 0.717) is 16.1 Å². The summed E-state index contributed by atoms with van der Waals surface area (Å²) in [6.07, 6.45) is 1.73. The molecule has 0 spiro atoms. The minimum Gasteiger partial charge on any atom is -0.306 e. The number of thioether (sulfide) groups is 1. The molecule has 0 aliphatic carbocycles. The Bertz CT molecular complexity index is 466. The van der Waals surface area contributed by atoms with Gasteiger partial charge in [0.2, 0.25) is 0 Å². The van der Waals surface area contributed by atoms with Crippen LogP contribution in [-0.2, 0) is 5.75 Å². The summed E-state index contributed by atoms with van der Waals surface area (Å²) in [5, 5.41) is 12.8. The van der Waals surface area contributed by atoms with E-state index >= 15 is 0 Å². The highest BCUT2D eigenvalue weighted by Gasteiger charge is 2.11. The molecule has 2 rings (SSSR count). The highest BCUT2D eigenvalue weighted by atomic mass is 35.5. The maximum absolute atomic E-state index is 5.92. The third kappa shape index (κ3) is 2.53. The molecule has 2 aromatic rings. The number of aromatic nitrogens is 5. The summed E-state index contributed by atoms with van der Waals surface area (Å²) in [4.78, 5) is 0. The molecule has 2 heterocycles. The van der Waals surface area contributed by atoms with Gasteiger partial charge < -0.3 is 4.57 Å². The van der Waals surface area contributed by atoms with E-state index in [1.165, 1.54) is 11.5 Å². The van der Waals surface area contributed by atoms with Gasteiger partial charge in [0, 0.05) is 23.3 Å². The van der Waals surface area contributed by atoms with Crippen LogP contribution in [0.2, 0.25) is 4.34 Å². The van der Waals surface area contributed by atoms with Crippen LogP contribution in [0.4, 0.5) is 0 Å². The van der Waals surface area contributed by atoms with Gasteiger partial charge in [0.15, 0.2) is 5.16 Å². The Hall–Kier alpha value is -0.660. The van der Waals surface area contributed by atoms with E-state index in [-0.39, 0.29) is 0 Å². The fraction of sp³-hybridized carbons (Fsp3) is 0.500. The molecule has 0 atom stereocenters. The zero-order chi connectivity index (χ0) is 11.5. The molecule has 5 nitrogen and oxygen atoms in total. The molecule has 0 unspecified atom stereocenters. The predicted octanol–water partition coefficient (Wildman–Crippen LogP) is 2.66. The Morgan fingerprint density at radius 2 is 2.31 bits per heavy atom. The molecule has 0 aliphatic rings. The maximum atomic E-state index is 5.92. The fourth-order valence-electron chi connectivity index (χ4n) is 1.11. The second kappa shape index (κ2) is 5.11. The molecular formula is C8H10ClN5S2. The molecule has 16 heavy (non-hydrogen) atoms. The zero-order valence-corrected chi connectivity index (χ0v) is 11.2. The van der Waals surface area contributed by atoms with Crippen LogP contribution in [0.1, 0.15) is 25.6 Å². The fourth-order valence-corrected chi connectivity index (χ4v) is 2.88. The first-order chi connectivity index (χ1) is 7.68. The molecule has 8 heteroatoms. The van der Waals surface area contributed by atoms with Crippen molar-refractivity contribution in [2.24, 2.45) is 0 Å². The van der Waals surface area contributed by atoms with Gasteiger partial charge in [-0.1, -0.05) is 27.9 Å². The average molecular weight is 276 g/mol. The lowest BCUT2D eigenvalue weighted by molar-refractivity contribution is 0.549. The summed E-state index contributed by atoms with van der Waals surface area (Å²) in [5.74, 6) is 0.667. The van der Waals surface area contributed by atoms with Crippen LogP contribution in [0.5, 0.6) is 0 Å². The van der Waals surface area contributed by atoms with E-state index < -0.39 is 0 Å². The molecule has 0 radical (unpaired) electrons. The summed E-state index contributed by atoms with van der Waals surface area (Å²) in [6.45, 7) is 4.18. The van der Waals surface area contributed by atoms with Crippen molar-refractivity contribution in [3.63, 3.8) is 0 Å². The Morgan fingerprint density at radius 1 is 1.50 bits per heavy atom. The van der Waals surface area contributed by atoms with Crippen LogP contribution >= 0.6 is 34.9 Å². The second-order valence-electron chi connectivity index (χ2n) is 3.40. The van der Waals surface area contributed by atoms with E-state index in [2.05, 4.69) is 33.6 Å². The first-order valence-corrected chi connectivity index (χ1v) is 6.81. The molecule has 0 aliphatic heterocycles. The number of hydrogen-bond acceptors (Lipinski definition) is 6. The van der Waals surface area contributed by atoms with E-state index in [4.69, 9.17) is 11.6 Å². The van der Waals surface area contributed by atoms with Crippen molar-refractivity contribution < 1.29 is 0 Å². The third-order valence-electron chi connectivity index (χ3n) is 1.94. The summed E-state index contributed by atoms with van der Waals surface area (Å²) >= 11 is 8.68. The van der Waals surface area contributed by atoms with Crippen LogP contribution in [0.15, 0.2) is 11.5 Å². The first-order valence-electron chi connectivity index (χ1n) is 4.67. The van der Waals surface area contributed by atoms with Gasteiger partial charge in [-0.15, -0.1) is 15.3 Å². The van der Waals surface area contributed by atoms with Gasteiger partial charge in [-0.25, -0.2) is 0 Å². The molecule has 0 amide bonds. The Labute approximate surface area is 106 Å². The summed E-state index contributed by atoms with van der Waals surface area (Å²) in [5.41, 5.74) is 0.801. The quantitative estimate of drug-likeness (QED) is 0.803. The highest BCUT2D eigenvalue weighted by molar-refractivity contribution is 7.98. The van der Waals surface area contributed by atoms with Crippen LogP contribution in [0.25, 0.3) is 0 Å². The lowest BCUT2D eigenvalue weighted by Gasteiger charge is -2.08. The number of rotatable bonds is 4. The normalized spacial score (nSPS) is 11.2. The van der Waals surface area contributed by atoms with Gasteiger partial charge in [0.05, 0.1) is 0 Å². The topological polar surface area (TPSA) is 56.5 Å². The summed E-state index contributed by atoms with van der Waals surface area (Å²) in [6, 6.07) is 0.349. The molecule has 0 saturated carbocycles. The third-order valence-corrected chi connectivity index (χ3v) is 3.90. The summed E-state index contributed by atoms with van der Waals surface area (Å²) < 4.78 is 6.44. The number of halogens is 1. The van der Waals surface area contributed by atoms with Crippen LogP contribution in [-0.4, -0.2) is 24.4 Å². The Morgan fingerprint density at radius 3 is 2.94 bits per heavy atom. The van der Waals surface area contributed by atoms with Crippen molar-refractivity contribution in [3.05, 3.63) is 16.4 Å². The van der Waals surface area contributed by atoms with Gasteiger partial charge in [0.1, 0.15) is 16.4 Å². The van der Waals surface area contributed by atoms with Crippen LogP contribution in [0, 0.1) is 0 Å². The molecule has 0 fully saturated rings. The molecule has 0 bridgehead atoms. The monoisotopic (exact) mass is 275 g/mol. The molecule has 0 N–H and O–H groups in total. The smallest absolute Gasteiger partial charge is 0.191 e. The van der Waals surface area contributed by atoms with Gasteiger partial charge in [-0.2, -0.15) is 0 Å². The zero-order valence-electron chi connectivity index (χ0n) is 8.79. The standard InChI is InChI=1S/C8H10ClN5S2/c1-5(2)14-4-10-12-8(14)15-3-6-7(9)16-13-11-6/h4-5H,3H2,1-2H3.